The van der Waals surface area contributed by atoms with Gasteiger partial charge in [-0.3, -0.25) is 0 Å². The van der Waals surface area contributed by atoms with Crippen LogP contribution in [0.15, 0.2) is 35.5 Å². The number of aryl methyl sites for hydroxylation is 1. The van der Waals surface area contributed by atoms with Crippen LogP contribution < -0.4 is 5.73 Å². The van der Waals surface area contributed by atoms with Crippen LogP contribution in [0.25, 0.3) is 5.57 Å². The van der Waals surface area contributed by atoms with Gasteiger partial charge in [-0.2, -0.15) is 13.2 Å². The molecule has 2 aliphatic rings. The third kappa shape index (κ3) is 4.57. The van der Waals surface area contributed by atoms with Crippen molar-refractivity contribution in [1.29, 1.82) is 0 Å². The maximum Gasteiger partial charge on any atom is 0.416 e. The van der Waals surface area contributed by atoms with Gasteiger partial charge in [-0.15, -0.1) is 0 Å². The highest BCUT2D eigenvalue weighted by molar-refractivity contribution is 5.71. The minimum Gasteiger partial charge on any atom is -0.399 e. The molecular weight excluding hydrogens is 371 g/mol. The maximum atomic E-state index is 13.2. The van der Waals surface area contributed by atoms with E-state index < -0.39 is 11.7 Å². The average molecular weight is 406 g/mol. The van der Waals surface area contributed by atoms with Crippen molar-refractivity contribution in [3.8, 4) is 0 Å². The molecule has 4 heteroatoms. The standard InChI is InChI=1S/C25H34F3N/c1-4-24(5-2,20-10-7-11-20)16-19(15-23(29)18-8-6-9-18)22-13-12-21(14-17(22)3)25(26,27)28/h12-15,20H,4-11,16,29H2,1-3H3/b19-15+. The highest BCUT2D eigenvalue weighted by atomic mass is 19.4. The lowest BCUT2D eigenvalue weighted by Gasteiger charge is -2.46. The molecule has 0 saturated heterocycles. The molecule has 0 atom stereocenters. The van der Waals surface area contributed by atoms with E-state index in [0.29, 0.717) is 11.5 Å². The Bertz CT molecular complexity index is 787. The van der Waals surface area contributed by atoms with Crippen LogP contribution >= 0.6 is 0 Å². The van der Waals surface area contributed by atoms with Crippen molar-refractivity contribution in [2.75, 3.05) is 0 Å². The second-order valence-corrected chi connectivity index (χ2v) is 8.98. The molecule has 3 rings (SSSR count). The monoisotopic (exact) mass is 405 g/mol. The lowest BCUT2D eigenvalue weighted by Crippen LogP contribution is -2.34. The Balaban J connectivity index is 2.03. The van der Waals surface area contributed by atoms with Crippen molar-refractivity contribution < 1.29 is 13.2 Å². The van der Waals surface area contributed by atoms with E-state index in [1.165, 1.54) is 43.4 Å². The normalized spacial score (nSPS) is 18.4. The fraction of sp³-hybridized carbons (Fsp3) is 0.600. The molecule has 0 amide bonds. The summed E-state index contributed by atoms with van der Waals surface area (Å²) in [6.45, 7) is 6.30. The quantitative estimate of drug-likeness (QED) is 0.492. The second-order valence-electron chi connectivity index (χ2n) is 8.98. The highest BCUT2D eigenvalue weighted by Gasteiger charge is 2.40. The zero-order chi connectivity index (χ0) is 21.2. The first-order chi connectivity index (χ1) is 13.7. The van der Waals surface area contributed by atoms with Crippen molar-refractivity contribution >= 4 is 5.57 Å². The van der Waals surface area contributed by atoms with Gasteiger partial charge in [0.1, 0.15) is 0 Å². The van der Waals surface area contributed by atoms with Crippen LogP contribution in [0.5, 0.6) is 0 Å². The van der Waals surface area contributed by atoms with Gasteiger partial charge >= 0.3 is 6.18 Å². The van der Waals surface area contributed by atoms with Gasteiger partial charge in [-0.25, -0.2) is 0 Å². The molecule has 0 aromatic heterocycles. The van der Waals surface area contributed by atoms with Crippen LogP contribution in [-0.2, 0) is 6.18 Å². The van der Waals surface area contributed by atoms with Gasteiger partial charge in [-0.05, 0) is 110 Å². The predicted molar refractivity (Wildman–Crippen MR) is 114 cm³/mol. The minimum atomic E-state index is -4.32. The van der Waals surface area contributed by atoms with Crippen molar-refractivity contribution in [3.63, 3.8) is 0 Å². The Morgan fingerprint density at radius 2 is 1.76 bits per heavy atom. The van der Waals surface area contributed by atoms with Crippen LogP contribution in [0.3, 0.4) is 0 Å². The molecule has 2 fully saturated rings. The predicted octanol–water partition coefficient (Wildman–Crippen LogP) is 7.79. The van der Waals surface area contributed by atoms with Gasteiger partial charge in [0.05, 0.1) is 5.56 Å². The summed E-state index contributed by atoms with van der Waals surface area (Å²) < 4.78 is 39.5. The average Bonchev–Trinajstić information content (AvgIpc) is 2.56. The van der Waals surface area contributed by atoms with Gasteiger partial charge < -0.3 is 5.73 Å². The Labute approximate surface area is 173 Å². The number of hydrogen-bond acceptors (Lipinski definition) is 1. The molecule has 29 heavy (non-hydrogen) atoms. The third-order valence-electron chi connectivity index (χ3n) is 7.52. The van der Waals surface area contributed by atoms with E-state index in [0.717, 1.165) is 48.9 Å². The topological polar surface area (TPSA) is 26.0 Å². The zero-order valence-corrected chi connectivity index (χ0v) is 18.0. The fourth-order valence-corrected chi connectivity index (χ4v) is 4.98. The molecule has 2 saturated carbocycles. The first-order valence-electron chi connectivity index (χ1n) is 11.1. The Morgan fingerprint density at radius 1 is 1.10 bits per heavy atom. The summed E-state index contributed by atoms with van der Waals surface area (Å²) >= 11 is 0. The Kier molecular flexibility index (Phi) is 6.50. The minimum absolute atomic E-state index is 0.198. The van der Waals surface area contributed by atoms with E-state index in [1.807, 2.05) is 0 Å². The van der Waals surface area contributed by atoms with E-state index in [4.69, 9.17) is 5.73 Å². The summed E-state index contributed by atoms with van der Waals surface area (Å²) in [4.78, 5) is 0. The fourth-order valence-electron chi connectivity index (χ4n) is 4.98. The van der Waals surface area contributed by atoms with Crippen molar-refractivity contribution in [1.82, 2.24) is 0 Å². The number of hydrogen-bond donors (Lipinski definition) is 1. The summed E-state index contributed by atoms with van der Waals surface area (Å²) in [5.74, 6) is 0.702. The van der Waals surface area contributed by atoms with Gasteiger partial charge in [0.25, 0.3) is 0 Å². The van der Waals surface area contributed by atoms with Crippen molar-refractivity contribution in [3.05, 3.63) is 52.2 Å². The van der Waals surface area contributed by atoms with Gasteiger partial charge in [0.15, 0.2) is 0 Å². The lowest BCUT2D eigenvalue weighted by atomic mass is 9.59. The van der Waals surface area contributed by atoms with E-state index >= 15 is 0 Å². The number of benzene rings is 1. The van der Waals surface area contributed by atoms with Crippen LogP contribution in [0, 0.1) is 18.3 Å². The zero-order valence-electron chi connectivity index (χ0n) is 18.0. The molecule has 1 nitrogen and oxygen atoms in total. The molecule has 2 N–H and O–H groups in total. The largest absolute Gasteiger partial charge is 0.416 e. The van der Waals surface area contributed by atoms with Crippen LogP contribution in [0.2, 0.25) is 0 Å². The molecule has 2 aliphatic carbocycles. The summed E-state index contributed by atoms with van der Waals surface area (Å²) in [5, 5.41) is 0. The molecule has 160 valence electrons. The molecule has 0 radical (unpaired) electrons. The van der Waals surface area contributed by atoms with Gasteiger partial charge in [0, 0.05) is 5.70 Å². The second kappa shape index (κ2) is 8.57. The molecule has 0 unspecified atom stereocenters. The highest BCUT2D eigenvalue weighted by Crippen LogP contribution is 2.52. The third-order valence-corrected chi connectivity index (χ3v) is 7.52. The first kappa shape index (κ1) is 22.0. The Morgan fingerprint density at radius 3 is 2.17 bits per heavy atom. The van der Waals surface area contributed by atoms with Crippen molar-refractivity contribution in [2.45, 2.75) is 84.7 Å². The molecule has 0 heterocycles. The molecule has 1 aromatic carbocycles. The first-order valence-corrected chi connectivity index (χ1v) is 11.1. The van der Waals surface area contributed by atoms with E-state index in [1.54, 1.807) is 13.0 Å². The molecular formula is C25H34F3N. The number of nitrogens with two attached hydrogens (primary N) is 1. The molecule has 1 aromatic rings. The summed E-state index contributed by atoms with van der Waals surface area (Å²) in [7, 11) is 0. The van der Waals surface area contributed by atoms with E-state index in [-0.39, 0.29) is 5.41 Å². The van der Waals surface area contributed by atoms with Crippen LogP contribution in [0.1, 0.15) is 88.3 Å². The van der Waals surface area contributed by atoms with Crippen LogP contribution in [-0.4, -0.2) is 0 Å². The Hall–Kier alpha value is -1.71. The summed E-state index contributed by atoms with van der Waals surface area (Å²) in [6.07, 6.45) is 7.87. The lowest BCUT2D eigenvalue weighted by molar-refractivity contribution is -0.137. The number of rotatable bonds is 7. The maximum absolute atomic E-state index is 13.2. The summed E-state index contributed by atoms with van der Waals surface area (Å²) in [6, 6.07) is 4.14. The number of alkyl halides is 3. The smallest absolute Gasteiger partial charge is 0.399 e. The molecule has 0 aliphatic heterocycles. The molecule has 0 bridgehead atoms. The van der Waals surface area contributed by atoms with Crippen LogP contribution in [0.4, 0.5) is 13.2 Å². The molecule has 0 spiro atoms. The van der Waals surface area contributed by atoms with Gasteiger partial charge in [0.2, 0.25) is 0 Å². The van der Waals surface area contributed by atoms with Crippen molar-refractivity contribution in [2.24, 2.45) is 17.1 Å². The van der Waals surface area contributed by atoms with Gasteiger partial charge in [-0.1, -0.05) is 26.3 Å². The van der Waals surface area contributed by atoms with E-state index in [9.17, 15) is 13.2 Å². The number of allylic oxidation sites excluding steroid dienone is 3. The van der Waals surface area contributed by atoms with E-state index in [2.05, 4.69) is 19.9 Å². The number of halogens is 3. The SMILES string of the molecule is CCC(CC)(C/C(=C\C(N)=C1CCC1)c1ccc(C(F)(F)F)cc1C)C1CCC1. The summed E-state index contributed by atoms with van der Waals surface area (Å²) in [5.41, 5.74) is 10.8.